The van der Waals surface area contributed by atoms with E-state index in [1.165, 1.54) is 0 Å². The van der Waals surface area contributed by atoms with E-state index in [0.717, 1.165) is 5.56 Å². The second-order valence-corrected chi connectivity index (χ2v) is 6.62. The van der Waals surface area contributed by atoms with Gasteiger partial charge in [0.1, 0.15) is 0 Å². The van der Waals surface area contributed by atoms with Crippen LogP contribution in [-0.4, -0.2) is 50.3 Å². The van der Waals surface area contributed by atoms with Crippen molar-refractivity contribution in [2.45, 2.75) is 51.0 Å². The fourth-order valence-electron chi connectivity index (χ4n) is 3.14. The lowest BCUT2D eigenvalue weighted by Gasteiger charge is -2.25. The highest BCUT2D eigenvalue weighted by Crippen LogP contribution is 2.28. The molecule has 136 valence electrons. The third kappa shape index (κ3) is 5.69. The van der Waals surface area contributed by atoms with Crippen molar-refractivity contribution in [2.75, 3.05) is 0 Å². The summed E-state index contributed by atoms with van der Waals surface area (Å²) in [5, 5.41) is 28.2. The van der Waals surface area contributed by atoms with Crippen LogP contribution in [0.15, 0.2) is 42.5 Å². The number of benzene rings is 1. The number of likely N-dealkylation sites (tertiary alicyclic amines) is 1. The van der Waals surface area contributed by atoms with Crippen molar-refractivity contribution in [3.63, 3.8) is 0 Å². The van der Waals surface area contributed by atoms with Gasteiger partial charge in [-0.1, -0.05) is 49.4 Å². The average Bonchev–Trinajstić information content (AvgIpc) is 2.79. The lowest BCUT2D eigenvalue weighted by Crippen LogP contribution is -2.33. The molecule has 4 atom stereocenters. The van der Waals surface area contributed by atoms with E-state index in [-0.39, 0.29) is 24.3 Å². The van der Waals surface area contributed by atoms with Crippen molar-refractivity contribution in [1.29, 1.82) is 0 Å². The van der Waals surface area contributed by atoms with E-state index in [0.29, 0.717) is 13.0 Å². The van der Waals surface area contributed by atoms with Gasteiger partial charge < -0.3 is 20.2 Å². The molecule has 6 heteroatoms. The summed E-state index contributed by atoms with van der Waals surface area (Å²) >= 11 is 0. The van der Waals surface area contributed by atoms with E-state index < -0.39 is 24.6 Å². The molecule has 0 aromatic heterocycles. The largest absolute Gasteiger partial charge is 0.481 e. The Kier molecular flexibility index (Phi) is 6.73. The molecule has 1 aromatic rings. The highest BCUT2D eigenvalue weighted by atomic mass is 16.4. The highest BCUT2D eigenvalue weighted by molar-refractivity contribution is 5.79. The van der Waals surface area contributed by atoms with Crippen molar-refractivity contribution < 1.29 is 24.9 Å². The summed E-state index contributed by atoms with van der Waals surface area (Å²) in [6.45, 7) is 2.50. The first kappa shape index (κ1) is 19.1. The SMILES string of the molecule is CC1CC(=O)N(Cc2ccccc2)C1C=C[C@@H](O)C[C@@H](O)CC(=O)O. The molecule has 0 bridgehead atoms. The maximum Gasteiger partial charge on any atom is 0.305 e. The number of aliphatic hydroxyl groups excluding tert-OH is 2. The number of aliphatic hydroxyl groups is 2. The van der Waals surface area contributed by atoms with E-state index in [4.69, 9.17) is 5.11 Å². The van der Waals surface area contributed by atoms with E-state index in [9.17, 15) is 19.8 Å². The Morgan fingerprint density at radius 1 is 1.32 bits per heavy atom. The van der Waals surface area contributed by atoms with Crippen LogP contribution < -0.4 is 0 Å². The number of hydrogen-bond donors (Lipinski definition) is 3. The molecule has 0 saturated carbocycles. The molecule has 6 nitrogen and oxygen atoms in total. The van der Waals surface area contributed by atoms with Gasteiger partial charge in [-0.15, -0.1) is 0 Å². The van der Waals surface area contributed by atoms with Gasteiger partial charge in [-0.3, -0.25) is 9.59 Å². The normalized spacial score (nSPS) is 23.2. The monoisotopic (exact) mass is 347 g/mol. The number of carbonyl (C=O) groups is 2. The van der Waals surface area contributed by atoms with Crippen LogP contribution in [0.3, 0.4) is 0 Å². The van der Waals surface area contributed by atoms with E-state index in [2.05, 4.69) is 0 Å². The molecule has 25 heavy (non-hydrogen) atoms. The summed E-state index contributed by atoms with van der Waals surface area (Å²) in [6.07, 6.45) is 1.30. The fourth-order valence-corrected chi connectivity index (χ4v) is 3.14. The minimum absolute atomic E-state index is 0.0451. The molecule has 0 aliphatic carbocycles. The molecule has 2 unspecified atom stereocenters. The summed E-state index contributed by atoms with van der Waals surface area (Å²) in [6, 6.07) is 9.59. The van der Waals surface area contributed by atoms with Crippen LogP contribution in [0.4, 0.5) is 0 Å². The number of carboxylic acid groups (broad SMARTS) is 1. The van der Waals surface area contributed by atoms with Crippen LogP contribution in [0.2, 0.25) is 0 Å². The standard InChI is InChI=1S/C19H25NO5/c1-13-9-18(23)20(12-14-5-3-2-4-6-14)17(13)8-7-15(21)10-16(22)11-19(24)25/h2-8,13,15-17,21-22H,9-12H2,1H3,(H,24,25)/t13?,15-,16-,17?/m1/s1. The first-order valence-electron chi connectivity index (χ1n) is 8.46. The van der Waals surface area contributed by atoms with Crippen LogP contribution in [0, 0.1) is 5.92 Å². The van der Waals surface area contributed by atoms with Gasteiger partial charge in [-0.25, -0.2) is 0 Å². The zero-order valence-electron chi connectivity index (χ0n) is 14.3. The van der Waals surface area contributed by atoms with Crippen LogP contribution in [0.5, 0.6) is 0 Å². The van der Waals surface area contributed by atoms with E-state index in [1.54, 1.807) is 17.1 Å². The molecule has 1 aliphatic heterocycles. The topological polar surface area (TPSA) is 98.1 Å². The van der Waals surface area contributed by atoms with Gasteiger partial charge in [0.05, 0.1) is 24.7 Å². The predicted molar refractivity (Wildman–Crippen MR) is 92.6 cm³/mol. The smallest absolute Gasteiger partial charge is 0.305 e. The number of aliphatic carboxylic acids is 1. The fraction of sp³-hybridized carbons (Fsp3) is 0.474. The second kappa shape index (κ2) is 8.78. The van der Waals surface area contributed by atoms with Gasteiger partial charge in [-0.2, -0.15) is 0 Å². The summed E-state index contributed by atoms with van der Waals surface area (Å²) in [5.41, 5.74) is 1.04. The molecule has 0 radical (unpaired) electrons. The zero-order valence-corrected chi connectivity index (χ0v) is 14.3. The maximum absolute atomic E-state index is 12.3. The maximum atomic E-state index is 12.3. The lowest BCUT2D eigenvalue weighted by molar-refractivity contribution is -0.139. The number of carbonyl (C=O) groups excluding carboxylic acids is 1. The molecule has 1 amide bonds. The van der Waals surface area contributed by atoms with Crippen molar-refractivity contribution in [3.05, 3.63) is 48.0 Å². The minimum Gasteiger partial charge on any atom is -0.481 e. The van der Waals surface area contributed by atoms with Crippen molar-refractivity contribution in [1.82, 2.24) is 4.90 Å². The summed E-state index contributed by atoms with van der Waals surface area (Å²) in [7, 11) is 0. The lowest BCUT2D eigenvalue weighted by atomic mass is 10.0. The molecule has 3 N–H and O–H groups in total. The van der Waals surface area contributed by atoms with Crippen molar-refractivity contribution in [2.24, 2.45) is 5.92 Å². The van der Waals surface area contributed by atoms with E-state index >= 15 is 0 Å². The third-order valence-corrected chi connectivity index (χ3v) is 4.41. The molecule has 0 spiro atoms. The van der Waals surface area contributed by atoms with Gasteiger partial charge in [0, 0.05) is 19.4 Å². The van der Waals surface area contributed by atoms with Crippen LogP contribution in [-0.2, 0) is 16.1 Å². The first-order chi connectivity index (χ1) is 11.9. The van der Waals surface area contributed by atoms with Crippen LogP contribution >= 0.6 is 0 Å². The van der Waals surface area contributed by atoms with Gasteiger partial charge >= 0.3 is 5.97 Å². The van der Waals surface area contributed by atoms with Crippen molar-refractivity contribution >= 4 is 11.9 Å². The van der Waals surface area contributed by atoms with Crippen molar-refractivity contribution in [3.8, 4) is 0 Å². The molecule has 2 rings (SSSR count). The molecule has 1 aromatic carbocycles. The molecule has 1 aliphatic rings. The van der Waals surface area contributed by atoms with Gasteiger partial charge in [0.15, 0.2) is 0 Å². The number of amides is 1. The quantitative estimate of drug-likeness (QED) is 0.620. The molecule has 1 fully saturated rings. The van der Waals surface area contributed by atoms with Crippen LogP contribution in [0.25, 0.3) is 0 Å². The van der Waals surface area contributed by atoms with Gasteiger partial charge in [0.25, 0.3) is 0 Å². The Balaban J connectivity index is 1.99. The van der Waals surface area contributed by atoms with Crippen LogP contribution in [0.1, 0.15) is 31.7 Å². The summed E-state index contributed by atoms with van der Waals surface area (Å²) < 4.78 is 0. The molecule has 1 saturated heterocycles. The predicted octanol–water partition coefficient (Wildman–Crippen LogP) is 1.57. The molecular weight excluding hydrogens is 322 g/mol. The Hall–Kier alpha value is -2.18. The molecule has 1 heterocycles. The number of rotatable bonds is 8. The summed E-state index contributed by atoms with van der Waals surface area (Å²) in [5.74, 6) is -0.900. The van der Waals surface area contributed by atoms with Gasteiger partial charge in [0.2, 0.25) is 5.91 Å². The average molecular weight is 347 g/mol. The number of nitrogens with zero attached hydrogens (tertiary/aromatic N) is 1. The number of carboxylic acids is 1. The summed E-state index contributed by atoms with van der Waals surface area (Å²) in [4.78, 5) is 24.6. The van der Waals surface area contributed by atoms with E-state index in [1.807, 2.05) is 37.3 Å². The highest BCUT2D eigenvalue weighted by Gasteiger charge is 2.35. The second-order valence-electron chi connectivity index (χ2n) is 6.62. The van der Waals surface area contributed by atoms with Gasteiger partial charge in [-0.05, 0) is 11.5 Å². The molecular formula is C19H25NO5. The Morgan fingerprint density at radius 2 is 2.00 bits per heavy atom. The minimum atomic E-state index is -1.10. The number of hydrogen-bond acceptors (Lipinski definition) is 4. The Bertz CT molecular complexity index is 616. The first-order valence-corrected chi connectivity index (χ1v) is 8.46. The Morgan fingerprint density at radius 3 is 2.64 bits per heavy atom. The third-order valence-electron chi connectivity index (χ3n) is 4.41. The Labute approximate surface area is 147 Å². The zero-order chi connectivity index (χ0) is 18.4.